The maximum atomic E-state index is 13.9. The fraction of sp³-hybridized carbons (Fsp3) is 0.421. The minimum absolute atomic E-state index is 0.282. The molecule has 0 aliphatic rings. The first-order chi connectivity index (χ1) is 13.2. The fourth-order valence-corrected chi connectivity index (χ4v) is 1.85. The molecule has 0 aliphatic carbocycles. The van der Waals surface area contributed by atoms with E-state index in [1.165, 1.54) is 12.4 Å². The highest BCUT2D eigenvalue weighted by atomic mass is 19.4. The van der Waals surface area contributed by atoms with Gasteiger partial charge in [-0.05, 0) is 13.0 Å². The van der Waals surface area contributed by atoms with E-state index in [9.17, 15) is 17.6 Å². The Morgan fingerprint density at radius 1 is 1.18 bits per heavy atom. The van der Waals surface area contributed by atoms with Gasteiger partial charge in [-0.3, -0.25) is 9.98 Å². The van der Waals surface area contributed by atoms with Crippen molar-refractivity contribution in [3.05, 3.63) is 42.5 Å². The SMILES string of the molecule is C=C(C)n1cc(-c2cnc(OCC(F)(F)F)c(F)c2)ncc1=NC.CC.CC. The van der Waals surface area contributed by atoms with Gasteiger partial charge in [0.2, 0.25) is 0 Å². The van der Waals surface area contributed by atoms with Gasteiger partial charge in [0.15, 0.2) is 12.4 Å². The molecule has 5 nitrogen and oxygen atoms in total. The highest BCUT2D eigenvalue weighted by Crippen LogP contribution is 2.23. The van der Waals surface area contributed by atoms with Gasteiger partial charge >= 0.3 is 6.18 Å². The second kappa shape index (κ2) is 11.9. The molecule has 156 valence electrons. The van der Waals surface area contributed by atoms with Gasteiger partial charge in [0.1, 0.15) is 5.49 Å². The number of ether oxygens (including phenoxy) is 1. The average molecular weight is 402 g/mol. The summed E-state index contributed by atoms with van der Waals surface area (Å²) in [5.41, 5.74) is 1.85. The lowest BCUT2D eigenvalue weighted by molar-refractivity contribution is -0.154. The number of nitrogens with zero attached hydrogens (tertiary/aromatic N) is 4. The Hall–Kier alpha value is -2.71. The van der Waals surface area contributed by atoms with Crippen molar-refractivity contribution in [1.29, 1.82) is 0 Å². The fourth-order valence-electron chi connectivity index (χ4n) is 1.85. The second-order valence-corrected chi connectivity index (χ2v) is 4.87. The molecule has 0 radical (unpaired) electrons. The summed E-state index contributed by atoms with van der Waals surface area (Å²) >= 11 is 0. The summed E-state index contributed by atoms with van der Waals surface area (Å²) in [6, 6.07) is 1.01. The molecule has 0 atom stereocenters. The Balaban J connectivity index is 0.00000171. The summed E-state index contributed by atoms with van der Waals surface area (Å²) in [6.07, 6.45) is -0.336. The molecule has 2 rings (SSSR count). The van der Waals surface area contributed by atoms with Gasteiger partial charge in [0.05, 0.1) is 11.9 Å². The van der Waals surface area contributed by atoms with Crippen molar-refractivity contribution in [1.82, 2.24) is 14.5 Å². The van der Waals surface area contributed by atoms with Gasteiger partial charge in [0, 0.05) is 30.7 Å². The number of hydrogen-bond donors (Lipinski definition) is 0. The number of hydrogen-bond acceptors (Lipinski definition) is 4. The van der Waals surface area contributed by atoms with Crippen LogP contribution in [0.25, 0.3) is 17.0 Å². The van der Waals surface area contributed by atoms with Crippen LogP contribution < -0.4 is 10.2 Å². The van der Waals surface area contributed by atoms with Crippen LogP contribution in [-0.4, -0.2) is 34.4 Å². The van der Waals surface area contributed by atoms with Gasteiger partial charge in [-0.15, -0.1) is 0 Å². The van der Waals surface area contributed by atoms with Crippen molar-refractivity contribution < 1.29 is 22.3 Å². The Labute approximate surface area is 162 Å². The lowest BCUT2D eigenvalue weighted by Gasteiger charge is -2.11. The minimum atomic E-state index is -4.57. The van der Waals surface area contributed by atoms with Crippen LogP contribution in [-0.2, 0) is 0 Å². The molecule has 0 aromatic carbocycles. The van der Waals surface area contributed by atoms with Crippen LogP contribution in [0.3, 0.4) is 0 Å². The molecule has 0 bridgehead atoms. The minimum Gasteiger partial charge on any atom is -0.466 e. The number of pyridine rings is 1. The summed E-state index contributed by atoms with van der Waals surface area (Å²) < 4.78 is 56.2. The molecule has 2 aromatic heterocycles. The van der Waals surface area contributed by atoms with Gasteiger partial charge in [-0.25, -0.2) is 9.37 Å². The normalized spacial score (nSPS) is 11.0. The topological polar surface area (TPSA) is 52.3 Å². The van der Waals surface area contributed by atoms with Gasteiger partial charge in [-0.2, -0.15) is 13.2 Å². The number of allylic oxidation sites excluding steroid dienone is 1. The van der Waals surface area contributed by atoms with Crippen LogP contribution in [0.15, 0.2) is 36.2 Å². The van der Waals surface area contributed by atoms with Crippen LogP contribution in [0.1, 0.15) is 34.6 Å². The largest absolute Gasteiger partial charge is 0.466 e. The van der Waals surface area contributed by atoms with E-state index < -0.39 is 24.5 Å². The van der Waals surface area contributed by atoms with Crippen LogP contribution >= 0.6 is 0 Å². The average Bonchev–Trinajstić information content (AvgIpc) is 2.68. The molecule has 0 unspecified atom stereocenters. The van der Waals surface area contributed by atoms with Crippen molar-refractivity contribution in [3.63, 3.8) is 0 Å². The molecule has 0 fully saturated rings. The van der Waals surface area contributed by atoms with E-state index in [0.717, 1.165) is 6.07 Å². The molecule has 0 aliphatic heterocycles. The van der Waals surface area contributed by atoms with Crippen molar-refractivity contribution in [2.45, 2.75) is 40.8 Å². The zero-order valence-corrected chi connectivity index (χ0v) is 16.9. The van der Waals surface area contributed by atoms with E-state index in [0.29, 0.717) is 16.9 Å². The van der Waals surface area contributed by atoms with Crippen LogP contribution in [0.5, 0.6) is 5.88 Å². The zero-order chi connectivity index (χ0) is 21.9. The molecule has 0 N–H and O–H groups in total. The van der Waals surface area contributed by atoms with E-state index in [-0.39, 0.29) is 5.56 Å². The molecule has 0 saturated carbocycles. The van der Waals surface area contributed by atoms with E-state index in [4.69, 9.17) is 0 Å². The highest BCUT2D eigenvalue weighted by Gasteiger charge is 2.29. The summed E-state index contributed by atoms with van der Waals surface area (Å²) in [6.45, 7) is 11.9. The lowest BCUT2D eigenvalue weighted by atomic mass is 10.2. The number of aromatic nitrogens is 3. The van der Waals surface area contributed by atoms with E-state index in [1.54, 1.807) is 24.7 Å². The quantitative estimate of drug-likeness (QED) is 0.669. The molecule has 2 aromatic rings. The first-order valence-electron chi connectivity index (χ1n) is 8.74. The Bertz CT molecular complexity index is 829. The van der Waals surface area contributed by atoms with Crippen molar-refractivity contribution in [2.75, 3.05) is 13.7 Å². The molecule has 0 spiro atoms. The summed E-state index contributed by atoms with van der Waals surface area (Å²) in [7, 11) is 1.59. The molecule has 9 heteroatoms. The third-order valence-corrected chi connectivity index (χ3v) is 2.93. The first-order valence-corrected chi connectivity index (χ1v) is 8.74. The standard InChI is InChI=1S/C15H14F4N4O.2C2H6/c1-9(2)23-7-12(21-6-13(23)20-3)10-4-11(16)14(22-5-10)24-8-15(17,18)19;2*1-2/h4-7H,1,8H2,2-3H3;2*1-2H3. The van der Waals surface area contributed by atoms with Crippen LogP contribution in [0, 0.1) is 5.82 Å². The molecular formula is C19H26F4N4O. The first kappa shape index (κ1) is 25.3. The van der Waals surface area contributed by atoms with Crippen molar-refractivity contribution in [2.24, 2.45) is 4.99 Å². The van der Waals surface area contributed by atoms with Crippen molar-refractivity contribution in [3.8, 4) is 17.1 Å². The van der Waals surface area contributed by atoms with Crippen LogP contribution in [0.4, 0.5) is 17.6 Å². The maximum Gasteiger partial charge on any atom is 0.422 e. The third kappa shape index (κ3) is 7.50. The van der Waals surface area contributed by atoms with Gasteiger partial charge < -0.3 is 9.30 Å². The third-order valence-electron chi connectivity index (χ3n) is 2.93. The predicted molar refractivity (Wildman–Crippen MR) is 102 cm³/mol. The molecule has 0 saturated heterocycles. The van der Waals surface area contributed by atoms with E-state index in [1.807, 2.05) is 27.7 Å². The van der Waals surface area contributed by atoms with E-state index in [2.05, 4.69) is 26.3 Å². The van der Waals surface area contributed by atoms with Crippen molar-refractivity contribution >= 4 is 5.70 Å². The summed E-state index contributed by atoms with van der Waals surface area (Å²) in [5, 5.41) is 0. The Kier molecular flexibility index (Phi) is 10.7. The van der Waals surface area contributed by atoms with Crippen LogP contribution in [0.2, 0.25) is 0 Å². The zero-order valence-electron chi connectivity index (χ0n) is 16.9. The second-order valence-electron chi connectivity index (χ2n) is 4.87. The molecule has 0 amide bonds. The number of halogens is 4. The number of alkyl halides is 3. The van der Waals surface area contributed by atoms with Gasteiger partial charge in [0.25, 0.3) is 5.88 Å². The Morgan fingerprint density at radius 2 is 1.79 bits per heavy atom. The van der Waals surface area contributed by atoms with E-state index >= 15 is 0 Å². The molecule has 2 heterocycles. The predicted octanol–water partition coefficient (Wildman–Crippen LogP) is 5.10. The lowest BCUT2D eigenvalue weighted by Crippen LogP contribution is -2.20. The monoisotopic (exact) mass is 402 g/mol. The maximum absolute atomic E-state index is 13.9. The summed E-state index contributed by atoms with van der Waals surface area (Å²) in [5.74, 6) is -1.73. The highest BCUT2D eigenvalue weighted by molar-refractivity contribution is 5.58. The Morgan fingerprint density at radius 3 is 2.25 bits per heavy atom. The van der Waals surface area contributed by atoms with Gasteiger partial charge in [-0.1, -0.05) is 34.3 Å². The number of rotatable bonds is 4. The smallest absolute Gasteiger partial charge is 0.422 e. The summed E-state index contributed by atoms with van der Waals surface area (Å²) in [4.78, 5) is 11.7. The molecule has 28 heavy (non-hydrogen) atoms. The molecular weight excluding hydrogens is 376 g/mol.